The van der Waals surface area contributed by atoms with E-state index in [0.29, 0.717) is 5.75 Å². The minimum absolute atomic E-state index is 0.00659. The summed E-state index contributed by atoms with van der Waals surface area (Å²) in [7, 11) is 0. The van der Waals surface area contributed by atoms with Crippen LogP contribution in [0.25, 0.3) is 0 Å². The minimum atomic E-state index is -0.616. The molecule has 5 heteroatoms. The highest BCUT2D eigenvalue weighted by Crippen LogP contribution is 2.30. The number of hydrogen-bond acceptors (Lipinski definition) is 2. The molecule has 0 heterocycles. The summed E-state index contributed by atoms with van der Waals surface area (Å²) >= 11 is 4.45. The highest BCUT2D eigenvalue weighted by molar-refractivity contribution is 9.10. The normalized spacial score (nSPS) is 10.6. The Labute approximate surface area is 117 Å². The lowest BCUT2D eigenvalue weighted by Gasteiger charge is -2.06. The summed E-state index contributed by atoms with van der Waals surface area (Å²) in [5.74, 6) is -0.727. The van der Waals surface area contributed by atoms with Crippen LogP contribution in [-0.2, 0) is 5.75 Å². The third-order valence-electron chi connectivity index (χ3n) is 2.32. The van der Waals surface area contributed by atoms with Crippen molar-refractivity contribution in [1.29, 1.82) is 0 Å². The van der Waals surface area contributed by atoms with E-state index in [4.69, 9.17) is 5.73 Å². The zero-order valence-corrected chi connectivity index (χ0v) is 11.7. The Morgan fingerprint density at radius 3 is 2.17 bits per heavy atom. The molecule has 0 radical (unpaired) electrons. The third-order valence-corrected chi connectivity index (χ3v) is 4.00. The molecule has 1 nitrogen and oxygen atoms in total. The summed E-state index contributed by atoms with van der Waals surface area (Å²) in [6, 6.07) is 9.87. The van der Waals surface area contributed by atoms with Crippen LogP contribution < -0.4 is 5.73 Å². The summed E-state index contributed by atoms with van der Waals surface area (Å²) in [4.78, 5) is 0.00659. The molecule has 94 valence electrons. The number of halogens is 3. The van der Waals surface area contributed by atoms with Crippen molar-refractivity contribution >= 4 is 33.4 Å². The Hall–Kier alpha value is -1.07. The fourth-order valence-electron chi connectivity index (χ4n) is 1.45. The Bertz CT molecular complexity index is 534. The molecule has 0 fully saturated rings. The molecule has 0 aromatic heterocycles. The molecule has 2 N–H and O–H groups in total. The first-order valence-corrected chi connectivity index (χ1v) is 6.96. The summed E-state index contributed by atoms with van der Waals surface area (Å²) in [6.07, 6.45) is 0. The number of nitrogen functional groups attached to an aromatic ring is 1. The van der Waals surface area contributed by atoms with Crippen LogP contribution in [0.3, 0.4) is 0 Å². The molecule has 0 atom stereocenters. The second kappa shape index (κ2) is 5.71. The maximum absolute atomic E-state index is 13.5. The molecule has 0 aliphatic carbocycles. The van der Waals surface area contributed by atoms with Gasteiger partial charge in [0.1, 0.15) is 11.6 Å². The van der Waals surface area contributed by atoms with Crippen LogP contribution in [0.15, 0.2) is 45.8 Å². The van der Waals surface area contributed by atoms with E-state index in [-0.39, 0.29) is 10.6 Å². The molecule has 2 rings (SSSR count). The molecular weight excluding hydrogens is 320 g/mol. The number of hydrogen-bond donors (Lipinski definition) is 1. The number of rotatable bonds is 3. The van der Waals surface area contributed by atoms with Gasteiger partial charge in [-0.25, -0.2) is 8.78 Å². The van der Waals surface area contributed by atoms with Gasteiger partial charge in [0.15, 0.2) is 0 Å². The van der Waals surface area contributed by atoms with Crippen LogP contribution in [0.5, 0.6) is 0 Å². The first-order valence-electron chi connectivity index (χ1n) is 5.18. The molecule has 0 saturated carbocycles. The van der Waals surface area contributed by atoms with Crippen LogP contribution in [0, 0.1) is 11.6 Å². The van der Waals surface area contributed by atoms with E-state index >= 15 is 0 Å². The Morgan fingerprint density at radius 2 is 1.61 bits per heavy atom. The lowest BCUT2D eigenvalue weighted by atomic mass is 10.2. The first-order chi connectivity index (χ1) is 8.56. The largest absolute Gasteiger partial charge is 0.399 e. The van der Waals surface area contributed by atoms with E-state index in [9.17, 15) is 8.78 Å². The van der Waals surface area contributed by atoms with Crippen molar-refractivity contribution in [3.63, 3.8) is 0 Å². The van der Waals surface area contributed by atoms with E-state index < -0.39 is 11.6 Å². The summed E-state index contributed by atoms with van der Waals surface area (Å²) < 4.78 is 28.0. The highest BCUT2D eigenvalue weighted by atomic mass is 79.9. The molecule has 0 amide bonds. The Morgan fingerprint density at radius 1 is 1.06 bits per heavy atom. The molecule has 0 bridgehead atoms. The molecular formula is C13H10BrF2NS. The maximum atomic E-state index is 13.5. The fraction of sp³-hybridized carbons (Fsp3) is 0.0769. The lowest BCUT2D eigenvalue weighted by Crippen LogP contribution is -1.93. The second-order valence-electron chi connectivity index (χ2n) is 3.73. The van der Waals surface area contributed by atoms with Crippen LogP contribution in [-0.4, -0.2) is 0 Å². The third kappa shape index (κ3) is 3.23. The number of anilines is 1. The second-order valence-corrected chi connectivity index (χ2v) is 5.63. The van der Waals surface area contributed by atoms with Crippen LogP contribution >= 0.6 is 27.7 Å². The van der Waals surface area contributed by atoms with E-state index in [1.165, 1.54) is 0 Å². The van der Waals surface area contributed by atoms with Gasteiger partial charge in [-0.1, -0.05) is 28.1 Å². The van der Waals surface area contributed by atoms with Crippen molar-refractivity contribution in [2.24, 2.45) is 0 Å². The molecule has 0 aliphatic rings. The molecule has 0 unspecified atom stereocenters. The van der Waals surface area contributed by atoms with Crippen molar-refractivity contribution in [1.82, 2.24) is 0 Å². The monoisotopic (exact) mass is 329 g/mol. The van der Waals surface area contributed by atoms with Crippen molar-refractivity contribution in [3.05, 3.63) is 58.1 Å². The maximum Gasteiger partial charge on any atom is 0.141 e. The van der Waals surface area contributed by atoms with Crippen LogP contribution in [0.4, 0.5) is 14.5 Å². The van der Waals surface area contributed by atoms with Crippen molar-refractivity contribution < 1.29 is 8.78 Å². The van der Waals surface area contributed by atoms with Gasteiger partial charge in [0, 0.05) is 15.9 Å². The van der Waals surface area contributed by atoms with Gasteiger partial charge in [-0.2, -0.15) is 0 Å². The smallest absolute Gasteiger partial charge is 0.141 e. The van der Waals surface area contributed by atoms with E-state index in [1.807, 2.05) is 24.3 Å². The molecule has 18 heavy (non-hydrogen) atoms. The van der Waals surface area contributed by atoms with Gasteiger partial charge in [-0.3, -0.25) is 0 Å². The van der Waals surface area contributed by atoms with E-state index in [2.05, 4.69) is 15.9 Å². The molecule has 0 aliphatic heterocycles. The number of thioether (sulfide) groups is 1. The van der Waals surface area contributed by atoms with Crippen LogP contribution in [0.1, 0.15) is 5.56 Å². The van der Waals surface area contributed by atoms with Crippen molar-refractivity contribution in [2.75, 3.05) is 5.73 Å². The van der Waals surface area contributed by atoms with Gasteiger partial charge in [0.2, 0.25) is 0 Å². The van der Waals surface area contributed by atoms with Gasteiger partial charge in [0.05, 0.1) is 4.90 Å². The molecule has 0 spiro atoms. The predicted octanol–water partition coefficient (Wildman–Crippen LogP) is 4.60. The quantitative estimate of drug-likeness (QED) is 0.657. The fourth-order valence-corrected chi connectivity index (χ4v) is 2.61. The SMILES string of the molecule is Nc1cc(F)c(SCc2ccc(Br)cc2)c(F)c1. The lowest BCUT2D eigenvalue weighted by molar-refractivity contribution is 0.542. The first kappa shape index (κ1) is 13.4. The van der Waals surface area contributed by atoms with Crippen LogP contribution in [0.2, 0.25) is 0 Å². The Balaban J connectivity index is 2.13. The summed E-state index contributed by atoms with van der Waals surface area (Å²) in [6.45, 7) is 0. The van der Waals surface area contributed by atoms with Gasteiger partial charge >= 0.3 is 0 Å². The van der Waals surface area contributed by atoms with Gasteiger partial charge < -0.3 is 5.73 Å². The zero-order chi connectivity index (χ0) is 13.1. The zero-order valence-electron chi connectivity index (χ0n) is 9.29. The summed E-state index contributed by atoms with van der Waals surface area (Å²) in [5, 5.41) is 0. The molecule has 2 aromatic rings. The van der Waals surface area contributed by atoms with Gasteiger partial charge in [-0.05, 0) is 29.8 Å². The van der Waals surface area contributed by atoms with E-state index in [0.717, 1.165) is 33.9 Å². The van der Waals surface area contributed by atoms with Crippen molar-refractivity contribution in [2.45, 2.75) is 10.6 Å². The highest BCUT2D eigenvalue weighted by Gasteiger charge is 2.11. The minimum Gasteiger partial charge on any atom is -0.399 e. The molecule has 2 aromatic carbocycles. The van der Waals surface area contributed by atoms with E-state index in [1.54, 1.807) is 0 Å². The average molecular weight is 330 g/mol. The number of nitrogens with two attached hydrogens (primary N) is 1. The van der Waals surface area contributed by atoms with Crippen molar-refractivity contribution in [3.8, 4) is 0 Å². The van der Waals surface area contributed by atoms with Gasteiger partial charge in [0.25, 0.3) is 0 Å². The average Bonchev–Trinajstić information content (AvgIpc) is 2.30. The predicted molar refractivity (Wildman–Crippen MR) is 74.5 cm³/mol. The summed E-state index contributed by atoms with van der Waals surface area (Å²) in [5.41, 5.74) is 6.45. The number of benzene rings is 2. The van der Waals surface area contributed by atoms with Gasteiger partial charge in [-0.15, -0.1) is 11.8 Å². The Kier molecular flexibility index (Phi) is 4.24. The molecule has 0 saturated heterocycles. The topological polar surface area (TPSA) is 26.0 Å². The standard InChI is InChI=1S/C13H10BrF2NS/c14-9-3-1-8(2-4-9)7-18-13-11(15)5-10(17)6-12(13)16/h1-6H,7,17H2.